The summed E-state index contributed by atoms with van der Waals surface area (Å²) in [6, 6.07) is 8.49. The first-order valence-corrected chi connectivity index (χ1v) is 10.9. The van der Waals surface area contributed by atoms with Gasteiger partial charge in [-0.05, 0) is 43.0 Å². The van der Waals surface area contributed by atoms with Crippen LogP contribution < -0.4 is 9.74 Å². The fourth-order valence-electron chi connectivity index (χ4n) is 2.34. The standard InChI is InChI=1S/C18H23ClN2O3S2/c1-12(2)26(23,24)15-10-16(25-11-15)21(17(22)20-19)14-8-6-13(7-9-14)18(3,4)5/h6-12H,1-5H3,(H,20,22). The van der Waals surface area contributed by atoms with Crippen LogP contribution in [0.2, 0.25) is 0 Å². The van der Waals surface area contributed by atoms with Crippen LogP contribution in [0.5, 0.6) is 0 Å². The topological polar surface area (TPSA) is 66.5 Å². The second-order valence-electron chi connectivity index (χ2n) is 7.25. The Morgan fingerprint density at radius 1 is 1.19 bits per heavy atom. The number of sulfone groups is 1. The summed E-state index contributed by atoms with van der Waals surface area (Å²) in [4.78, 5) is 16.0. The molecule has 1 aromatic heterocycles. The lowest BCUT2D eigenvalue weighted by Crippen LogP contribution is -2.31. The minimum Gasteiger partial charge on any atom is -0.253 e. The summed E-state index contributed by atoms with van der Waals surface area (Å²) in [5, 5.41) is 1.49. The van der Waals surface area contributed by atoms with Crippen molar-refractivity contribution in [1.29, 1.82) is 0 Å². The molecule has 26 heavy (non-hydrogen) atoms. The number of thiophene rings is 1. The number of hydrogen-bond donors (Lipinski definition) is 1. The van der Waals surface area contributed by atoms with Crippen molar-refractivity contribution in [2.45, 2.75) is 50.2 Å². The van der Waals surface area contributed by atoms with Gasteiger partial charge in [-0.25, -0.2) is 18.0 Å². The van der Waals surface area contributed by atoms with Gasteiger partial charge in [-0.3, -0.25) is 4.90 Å². The molecule has 2 aromatic rings. The third-order valence-electron chi connectivity index (χ3n) is 4.01. The van der Waals surface area contributed by atoms with Crippen LogP contribution in [0.4, 0.5) is 15.5 Å². The molecule has 0 aliphatic rings. The van der Waals surface area contributed by atoms with E-state index in [1.54, 1.807) is 19.2 Å². The highest BCUT2D eigenvalue weighted by Crippen LogP contribution is 2.35. The predicted octanol–water partition coefficient (Wildman–Crippen LogP) is 5.23. The molecule has 0 saturated carbocycles. The van der Waals surface area contributed by atoms with Gasteiger partial charge in [0.15, 0.2) is 9.84 Å². The quantitative estimate of drug-likeness (QED) is 0.696. The molecule has 0 spiro atoms. The van der Waals surface area contributed by atoms with Gasteiger partial charge in [-0.15, -0.1) is 11.3 Å². The molecule has 0 aliphatic heterocycles. The molecule has 1 N–H and O–H groups in total. The van der Waals surface area contributed by atoms with E-state index in [1.807, 2.05) is 24.3 Å². The van der Waals surface area contributed by atoms with Gasteiger partial charge in [-0.2, -0.15) is 0 Å². The maximum absolute atomic E-state index is 12.4. The Hall–Kier alpha value is -1.57. The first-order chi connectivity index (χ1) is 12.0. The van der Waals surface area contributed by atoms with Crippen LogP contribution in [0.1, 0.15) is 40.2 Å². The highest BCUT2D eigenvalue weighted by molar-refractivity contribution is 7.92. The van der Waals surface area contributed by atoms with Gasteiger partial charge < -0.3 is 0 Å². The van der Waals surface area contributed by atoms with Crippen LogP contribution in [-0.2, 0) is 15.3 Å². The molecule has 8 heteroatoms. The maximum atomic E-state index is 12.4. The van der Waals surface area contributed by atoms with Gasteiger partial charge in [0.05, 0.1) is 15.8 Å². The molecular weight excluding hydrogens is 392 g/mol. The van der Waals surface area contributed by atoms with Crippen molar-refractivity contribution >= 4 is 49.7 Å². The van der Waals surface area contributed by atoms with Crippen molar-refractivity contribution in [2.75, 3.05) is 4.90 Å². The van der Waals surface area contributed by atoms with Gasteiger partial charge in [0.2, 0.25) is 0 Å². The van der Waals surface area contributed by atoms with Crippen molar-refractivity contribution in [1.82, 2.24) is 4.84 Å². The molecule has 0 fully saturated rings. The lowest BCUT2D eigenvalue weighted by atomic mass is 9.87. The number of amides is 2. The molecule has 0 radical (unpaired) electrons. The molecule has 2 amide bonds. The van der Waals surface area contributed by atoms with E-state index in [0.29, 0.717) is 10.7 Å². The van der Waals surface area contributed by atoms with Crippen molar-refractivity contribution in [3.63, 3.8) is 0 Å². The summed E-state index contributed by atoms with van der Waals surface area (Å²) in [6.07, 6.45) is 0. The lowest BCUT2D eigenvalue weighted by Gasteiger charge is -2.23. The van der Waals surface area contributed by atoms with E-state index in [9.17, 15) is 13.2 Å². The average Bonchev–Trinajstić information content (AvgIpc) is 3.04. The SMILES string of the molecule is CC(C)S(=O)(=O)c1csc(N(C(=O)NCl)c2ccc(C(C)(C)C)cc2)c1. The van der Waals surface area contributed by atoms with Gasteiger partial charge in [0.1, 0.15) is 5.00 Å². The number of rotatable bonds is 4. The van der Waals surface area contributed by atoms with Gasteiger partial charge >= 0.3 is 6.03 Å². The Labute approximate surface area is 164 Å². The Bertz CT molecular complexity index is 882. The van der Waals surface area contributed by atoms with Gasteiger partial charge in [0.25, 0.3) is 0 Å². The Balaban J connectivity index is 2.47. The fraction of sp³-hybridized carbons (Fsp3) is 0.389. The Morgan fingerprint density at radius 2 is 1.77 bits per heavy atom. The average molecular weight is 415 g/mol. The van der Waals surface area contributed by atoms with E-state index in [-0.39, 0.29) is 10.3 Å². The van der Waals surface area contributed by atoms with Crippen LogP contribution >= 0.6 is 23.1 Å². The van der Waals surface area contributed by atoms with Crippen molar-refractivity contribution in [3.8, 4) is 0 Å². The second-order valence-corrected chi connectivity index (χ2v) is 10.8. The Kier molecular flexibility index (Phi) is 6.05. The summed E-state index contributed by atoms with van der Waals surface area (Å²) >= 11 is 6.72. The monoisotopic (exact) mass is 414 g/mol. The van der Waals surface area contributed by atoms with E-state index >= 15 is 0 Å². The molecule has 0 atom stereocenters. The molecule has 0 bridgehead atoms. The fourth-order valence-corrected chi connectivity index (χ4v) is 4.80. The molecule has 0 aliphatic carbocycles. The zero-order chi connectivity index (χ0) is 19.7. The zero-order valence-electron chi connectivity index (χ0n) is 15.4. The second kappa shape index (κ2) is 7.58. The third kappa shape index (κ3) is 4.22. The summed E-state index contributed by atoms with van der Waals surface area (Å²) in [5.74, 6) is 0. The van der Waals surface area contributed by atoms with E-state index in [1.165, 1.54) is 22.3 Å². The smallest absolute Gasteiger partial charge is 0.253 e. The number of carbonyl (C=O) groups excluding carboxylic acids is 1. The normalized spacial score (nSPS) is 12.3. The van der Waals surface area contributed by atoms with Crippen LogP contribution in [0.3, 0.4) is 0 Å². The molecular formula is C18H23ClN2O3S2. The van der Waals surface area contributed by atoms with E-state index in [4.69, 9.17) is 11.8 Å². The third-order valence-corrected chi connectivity index (χ3v) is 7.37. The summed E-state index contributed by atoms with van der Waals surface area (Å²) in [5.41, 5.74) is 1.72. The van der Waals surface area contributed by atoms with E-state index < -0.39 is 21.1 Å². The van der Waals surface area contributed by atoms with Gasteiger partial charge in [-0.1, -0.05) is 32.9 Å². The minimum absolute atomic E-state index is 0.0143. The Morgan fingerprint density at radius 3 is 2.23 bits per heavy atom. The van der Waals surface area contributed by atoms with Crippen LogP contribution in [0.15, 0.2) is 40.6 Å². The first-order valence-electron chi connectivity index (χ1n) is 8.12. The molecule has 142 valence electrons. The molecule has 0 saturated heterocycles. The first kappa shape index (κ1) is 20.7. The number of urea groups is 1. The predicted molar refractivity (Wildman–Crippen MR) is 108 cm³/mol. The van der Waals surface area contributed by atoms with E-state index in [2.05, 4.69) is 25.6 Å². The molecule has 1 aromatic carbocycles. The number of carbonyl (C=O) groups is 1. The molecule has 5 nitrogen and oxygen atoms in total. The number of benzene rings is 1. The summed E-state index contributed by atoms with van der Waals surface area (Å²) in [7, 11) is -3.41. The van der Waals surface area contributed by atoms with Crippen molar-refractivity contribution in [2.24, 2.45) is 0 Å². The zero-order valence-corrected chi connectivity index (χ0v) is 17.8. The number of hydrogen-bond acceptors (Lipinski definition) is 4. The number of anilines is 2. The number of halogens is 1. The minimum atomic E-state index is -3.41. The van der Waals surface area contributed by atoms with Crippen LogP contribution in [-0.4, -0.2) is 19.7 Å². The van der Waals surface area contributed by atoms with E-state index in [0.717, 1.165) is 5.56 Å². The molecule has 0 unspecified atom stereocenters. The van der Waals surface area contributed by atoms with Crippen LogP contribution in [0.25, 0.3) is 0 Å². The molecule has 2 rings (SSSR count). The molecule has 1 heterocycles. The van der Waals surface area contributed by atoms with Crippen LogP contribution in [0, 0.1) is 0 Å². The van der Waals surface area contributed by atoms with Crippen molar-refractivity contribution in [3.05, 3.63) is 41.3 Å². The number of nitrogens with zero attached hydrogens (tertiary/aromatic N) is 1. The largest absolute Gasteiger partial charge is 0.341 e. The highest BCUT2D eigenvalue weighted by Gasteiger charge is 2.25. The highest BCUT2D eigenvalue weighted by atomic mass is 35.5. The lowest BCUT2D eigenvalue weighted by molar-refractivity contribution is 0.253. The summed E-state index contributed by atoms with van der Waals surface area (Å²) in [6.45, 7) is 9.57. The summed E-state index contributed by atoms with van der Waals surface area (Å²) < 4.78 is 24.7. The number of nitrogens with one attached hydrogen (secondary N) is 1. The van der Waals surface area contributed by atoms with Gasteiger partial charge in [0, 0.05) is 17.2 Å². The maximum Gasteiger partial charge on any atom is 0.341 e. The van der Waals surface area contributed by atoms with Crippen molar-refractivity contribution < 1.29 is 13.2 Å².